The molecule has 0 aromatic heterocycles. The maximum atomic E-state index is 13.4. The van der Waals surface area contributed by atoms with E-state index in [9.17, 15) is 32.9 Å². The Morgan fingerprint density at radius 3 is 2.20 bits per heavy atom. The molecular weight excluding hydrogens is 677 g/mol. The smallest absolute Gasteiger partial charge is 0.430 e. The first-order valence-electron chi connectivity index (χ1n) is 16.1. The molecule has 16 heteroatoms. The van der Waals surface area contributed by atoms with Gasteiger partial charge >= 0.3 is 24.1 Å². The first-order chi connectivity index (χ1) is 24.4. The maximum absolute atomic E-state index is 13.4. The van der Waals surface area contributed by atoms with E-state index < -0.39 is 29.0 Å². The number of guanidine groups is 1. The molecule has 51 heavy (non-hydrogen) atoms. The largest absolute Gasteiger partial charge is 0.542 e. The van der Waals surface area contributed by atoms with Gasteiger partial charge in [-0.2, -0.15) is 13.2 Å². The predicted molar refractivity (Wildman–Crippen MR) is 174 cm³/mol. The Morgan fingerprint density at radius 2 is 1.61 bits per heavy atom. The highest BCUT2D eigenvalue weighted by Crippen LogP contribution is 2.39. The number of unbranched alkanes of at least 4 members (excludes halogenated alkanes) is 1. The molecule has 2 aromatic rings. The number of hydrogen-bond acceptors (Lipinski definition) is 11. The number of non-ortho nitro benzene ring substituents is 1. The number of alkyl halides is 3. The molecule has 0 saturated carbocycles. The molecule has 0 radical (unpaired) electrons. The molecule has 0 bridgehead atoms. The Morgan fingerprint density at radius 1 is 0.980 bits per heavy atom. The SMILES string of the molecule is C=CCOC(=O)C1=C(CCCCOCc2ccccc2)NC2=[N+]3[C@H](CC[C@@H]13)C(C(=O)OCC)=C(c1ccc([N+](=O)[O-])cc1)N2.O=C([O-])C(F)(F)F. The quantitative estimate of drug-likeness (QED) is 0.0731. The first kappa shape index (κ1) is 38.3. The fourth-order valence-corrected chi connectivity index (χ4v) is 5.98. The minimum Gasteiger partial charge on any atom is -0.542 e. The van der Waals surface area contributed by atoms with Crippen molar-refractivity contribution in [3.8, 4) is 0 Å². The summed E-state index contributed by atoms with van der Waals surface area (Å²) >= 11 is 0. The molecule has 3 aliphatic rings. The van der Waals surface area contributed by atoms with Gasteiger partial charge in [-0.3, -0.25) is 10.1 Å². The predicted octanol–water partition coefficient (Wildman–Crippen LogP) is 3.64. The Labute approximate surface area is 291 Å². The molecule has 1 fully saturated rings. The van der Waals surface area contributed by atoms with E-state index in [0.29, 0.717) is 60.8 Å². The van der Waals surface area contributed by atoms with Gasteiger partial charge in [-0.05, 0) is 50.3 Å². The Kier molecular flexibility index (Phi) is 13.1. The molecule has 1 saturated heterocycles. The third kappa shape index (κ3) is 9.60. The minimum atomic E-state index is -5.19. The number of aliphatic carboxylic acids is 1. The van der Waals surface area contributed by atoms with Crippen molar-refractivity contribution in [3.05, 3.63) is 105 Å². The highest BCUT2D eigenvalue weighted by molar-refractivity contribution is 6.04. The number of esters is 2. The second kappa shape index (κ2) is 17.4. The van der Waals surface area contributed by atoms with Crippen LogP contribution in [-0.2, 0) is 35.2 Å². The summed E-state index contributed by atoms with van der Waals surface area (Å²) in [5.41, 5.74) is 3.94. The number of nitrogens with zero attached hydrogens (tertiary/aromatic N) is 2. The third-order valence-corrected chi connectivity index (χ3v) is 8.14. The van der Waals surface area contributed by atoms with E-state index in [0.717, 1.165) is 24.1 Å². The number of nitro groups is 1. The first-order valence-corrected chi connectivity index (χ1v) is 16.1. The maximum Gasteiger partial charge on any atom is 0.430 e. The number of rotatable bonds is 14. The average molecular weight is 715 g/mol. The van der Waals surface area contributed by atoms with Crippen LogP contribution in [0.25, 0.3) is 5.70 Å². The van der Waals surface area contributed by atoms with Crippen LogP contribution in [0.1, 0.15) is 50.2 Å². The lowest BCUT2D eigenvalue weighted by Crippen LogP contribution is -2.56. The lowest BCUT2D eigenvalue weighted by molar-refractivity contribution is -0.567. The van der Waals surface area contributed by atoms with Crippen molar-refractivity contribution in [2.45, 2.75) is 63.9 Å². The van der Waals surface area contributed by atoms with Gasteiger partial charge < -0.3 is 24.1 Å². The fourth-order valence-electron chi connectivity index (χ4n) is 5.98. The monoisotopic (exact) mass is 714 g/mol. The summed E-state index contributed by atoms with van der Waals surface area (Å²) in [6.07, 6.45) is -0.272. The van der Waals surface area contributed by atoms with Crippen molar-refractivity contribution in [2.75, 3.05) is 19.8 Å². The number of nitro benzene ring substituents is 1. The molecule has 5 rings (SSSR count). The number of ether oxygens (including phenoxy) is 3. The highest BCUT2D eigenvalue weighted by Gasteiger charge is 2.51. The number of carboxylic acids is 1. The summed E-state index contributed by atoms with van der Waals surface area (Å²) < 4.78 is 50.4. The van der Waals surface area contributed by atoms with Crippen LogP contribution < -0.4 is 15.7 Å². The van der Waals surface area contributed by atoms with Crippen molar-refractivity contribution in [1.82, 2.24) is 10.6 Å². The molecular formula is C35H37F3N4O9. The molecule has 0 aliphatic carbocycles. The molecule has 3 heterocycles. The van der Waals surface area contributed by atoms with E-state index in [4.69, 9.17) is 24.1 Å². The van der Waals surface area contributed by atoms with Crippen LogP contribution >= 0.6 is 0 Å². The molecule has 2 aromatic carbocycles. The van der Waals surface area contributed by atoms with Crippen LogP contribution in [0.3, 0.4) is 0 Å². The van der Waals surface area contributed by atoms with Crippen LogP contribution in [0.2, 0.25) is 0 Å². The van der Waals surface area contributed by atoms with E-state index >= 15 is 0 Å². The number of halogens is 3. The van der Waals surface area contributed by atoms with Crippen molar-refractivity contribution < 1.29 is 56.4 Å². The molecule has 0 spiro atoms. The zero-order valence-corrected chi connectivity index (χ0v) is 27.7. The van der Waals surface area contributed by atoms with Crippen molar-refractivity contribution in [2.24, 2.45) is 0 Å². The zero-order valence-electron chi connectivity index (χ0n) is 27.7. The van der Waals surface area contributed by atoms with Gasteiger partial charge in [0.1, 0.15) is 41.5 Å². The lowest BCUT2D eigenvalue weighted by atomic mass is 9.96. The Bertz CT molecular complexity index is 1720. The van der Waals surface area contributed by atoms with Crippen molar-refractivity contribution >= 4 is 35.3 Å². The van der Waals surface area contributed by atoms with Gasteiger partial charge in [0.05, 0.1) is 23.8 Å². The number of allylic oxidation sites excluding steroid dienone is 1. The molecule has 2 atom stereocenters. The number of carbonyl (C=O) groups excluding carboxylic acids is 3. The fraction of sp³-hybridized carbons (Fsp3) is 0.371. The third-order valence-electron chi connectivity index (χ3n) is 8.14. The number of nitrogens with one attached hydrogen (secondary N) is 2. The van der Waals surface area contributed by atoms with Crippen LogP contribution in [-0.4, -0.2) is 71.4 Å². The van der Waals surface area contributed by atoms with Gasteiger partial charge in [-0.25, -0.2) is 24.8 Å². The number of carbonyl (C=O) groups is 3. The summed E-state index contributed by atoms with van der Waals surface area (Å²) in [5, 5.41) is 26.9. The van der Waals surface area contributed by atoms with E-state index in [-0.39, 0.29) is 31.0 Å². The molecule has 13 nitrogen and oxygen atoms in total. The molecule has 2 N–H and O–H groups in total. The zero-order chi connectivity index (χ0) is 37.1. The second-order valence-electron chi connectivity index (χ2n) is 11.5. The summed E-state index contributed by atoms with van der Waals surface area (Å²) in [6, 6.07) is 15.4. The Hall–Kier alpha value is -5.51. The van der Waals surface area contributed by atoms with Gasteiger partial charge in [-0.1, -0.05) is 43.0 Å². The minimum absolute atomic E-state index is 0.0468. The molecule has 272 valence electrons. The van der Waals surface area contributed by atoms with Crippen LogP contribution in [0.15, 0.2) is 84.1 Å². The van der Waals surface area contributed by atoms with Crippen LogP contribution in [0.4, 0.5) is 18.9 Å². The molecule has 3 aliphatic heterocycles. The van der Waals surface area contributed by atoms with E-state index in [1.165, 1.54) is 18.2 Å². The summed E-state index contributed by atoms with van der Waals surface area (Å²) in [7, 11) is 0. The lowest BCUT2D eigenvalue weighted by Gasteiger charge is -2.32. The normalized spacial score (nSPS) is 17.7. The van der Waals surface area contributed by atoms with Crippen molar-refractivity contribution in [1.29, 1.82) is 0 Å². The topological polar surface area (TPSA) is 172 Å². The number of carboxylic acid groups (broad SMARTS) is 1. The molecule has 0 amide bonds. The van der Waals surface area contributed by atoms with Gasteiger partial charge in [0.15, 0.2) is 0 Å². The second-order valence-corrected chi connectivity index (χ2v) is 11.5. The highest BCUT2D eigenvalue weighted by atomic mass is 19.4. The number of benzene rings is 2. The summed E-state index contributed by atoms with van der Waals surface area (Å²) in [6.45, 7) is 6.82. The van der Waals surface area contributed by atoms with E-state index in [1.54, 1.807) is 19.1 Å². The van der Waals surface area contributed by atoms with Gasteiger partial charge in [-0.15, -0.1) is 0 Å². The van der Waals surface area contributed by atoms with E-state index in [1.807, 2.05) is 34.9 Å². The summed E-state index contributed by atoms with van der Waals surface area (Å²) in [5.74, 6) is -3.25. The van der Waals surface area contributed by atoms with Gasteiger partial charge in [0.2, 0.25) is 0 Å². The van der Waals surface area contributed by atoms with Gasteiger partial charge in [0.25, 0.3) is 5.69 Å². The van der Waals surface area contributed by atoms with Crippen LogP contribution in [0.5, 0.6) is 0 Å². The van der Waals surface area contributed by atoms with Crippen LogP contribution in [0, 0.1) is 10.1 Å². The van der Waals surface area contributed by atoms with Gasteiger partial charge in [0, 0.05) is 30.7 Å². The van der Waals surface area contributed by atoms with Crippen molar-refractivity contribution in [3.63, 3.8) is 0 Å². The average Bonchev–Trinajstić information content (AvgIpc) is 3.54. The summed E-state index contributed by atoms with van der Waals surface area (Å²) in [4.78, 5) is 46.3. The number of hydrogen-bond donors (Lipinski definition) is 2. The van der Waals surface area contributed by atoms with E-state index in [2.05, 4.69) is 17.2 Å². The molecule has 0 unspecified atom stereocenters. The Balaban J connectivity index is 0.000000755. The standard InChI is InChI=1S/C33H36N4O7.C2HF3O2/c1-3-19-44-31(38)28-25(12-8-9-20-42-21-22-10-6-5-7-11-22)34-33-35-30(23-13-15-24(16-14-23)37(40)41)29(32(39)43-4-2)27-18-17-26(28)36(27)33;3-2(4,5)1(6)7/h3,5-7,10-11,13-16,26-27H,1,4,8-9,12,17-21H2,2H3,(H,34,35,38,39);(H,6,7)/t26-,27+;/m0./s1.